The fourth-order valence-corrected chi connectivity index (χ4v) is 3.85. The van der Waals surface area contributed by atoms with Gasteiger partial charge in [0.25, 0.3) is 0 Å². The van der Waals surface area contributed by atoms with Crippen LogP contribution in [0.1, 0.15) is 43.2 Å². The summed E-state index contributed by atoms with van der Waals surface area (Å²) in [5.41, 5.74) is 5.49. The van der Waals surface area contributed by atoms with E-state index in [4.69, 9.17) is 4.74 Å². The van der Waals surface area contributed by atoms with Crippen LogP contribution in [0.15, 0.2) is 40.7 Å². The molecule has 0 unspecified atom stereocenters. The summed E-state index contributed by atoms with van der Waals surface area (Å²) in [5, 5.41) is 12.9. The Balaban J connectivity index is 1.88. The van der Waals surface area contributed by atoms with Gasteiger partial charge in [0, 0.05) is 29.8 Å². The van der Waals surface area contributed by atoms with Gasteiger partial charge in [-0.1, -0.05) is 12.1 Å². The maximum atomic E-state index is 12.6. The molecule has 1 aliphatic carbocycles. The van der Waals surface area contributed by atoms with Crippen LogP contribution >= 0.6 is 0 Å². The lowest BCUT2D eigenvalue weighted by atomic mass is 9.75. The zero-order valence-corrected chi connectivity index (χ0v) is 13.1. The number of rotatable bonds is 1. The van der Waals surface area contributed by atoms with E-state index in [9.17, 15) is 10.1 Å². The SMILES string of the molecule is CC1=C(C#N)[C@H](c2ccc3c(c2)CCO3)C2=C(CCCC2=O)N1. The Morgan fingerprint density at radius 2 is 2.17 bits per heavy atom. The van der Waals surface area contributed by atoms with Crippen LogP contribution in [0.25, 0.3) is 0 Å². The molecule has 2 aliphatic heterocycles. The van der Waals surface area contributed by atoms with Crippen molar-refractivity contribution in [2.45, 2.75) is 38.5 Å². The van der Waals surface area contributed by atoms with Crippen molar-refractivity contribution >= 4 is 5.78 Å². The first-order chi connectivity index (χ1) is 11.2. The number of ketones is 1. The number of carbonyl (C=O) groups excluding carboxylic acids is 1. The lowest BCUT2D eigenvalue weighted by molar-refractivity contribution is -0.116. The molecule has 3 aliphatic rings. The molecule has 0 fully saturated rings. The molecular formula is C19H18N2O2. The number of nitrogens with zero attached hydrogens (tertiary/aromatic N) is 1. The molecular weight excluding hydrogens is 288 g/mol. The number of allylic oxidation sites excluding steroid dienone is 4. The maximum absolute atomic E-state index is 12.6. The lowest BCUT2D eigenvalue weighted by Gasteiger charge is -2.32. The van der Waals surface area contributed by atoms with Gasteiger partial charge in [-0.05, 0) is 37.0 Å². The van der Waals surface area contributed by atoms with Gasteiger partial charge in [0.05, 0.1) is 24.2 Å². The predicted molar refractivity (Wildman–Crippen MR) is 85.7 cm³/mol. The summed E-state index contributed by atoms with van der Waals surface area (Å²) in [5.74, 6) is 0.849. The van der Waals surface area contributed by atoms with Crippen molar-refractivity contribution in [3.63, 3.8) is 0 Å². The monoisotopic (exact) mass is 306 g/mol. The molecule has 0 bridgehead atoms. The smallest absolute Gasteiger partial charge is 0.161 e. The highest BCUT2D eigenvalue weighted by Crippen LogP contribution is 2.43. The molecule has 0 saturated heterocycles. The quantitative estimate of drug-likeness (QED) is 0.866. The van der Waals surface area contributed by atoms with Crippen LogP contribution in [0.2, 0.25) is 0 Å². The van der Waals surface area contributed by atoms with E-state index in [1.807, 2.05) is 19.1 Å². The summed E-state index contributed by atoms with van der Waals surface area (Å²) in [7, 11) is 0. The molecule has 0 radical (unpaired) electrons. The van der Waals surface area contributed by atoms with Crippen LogP contribution < -0.4 is 10.1 Å². The number of ether oxygens (including phenoxy) is 1. The highest BCUT2D eigenvalue weighted by molar-refractivity contribution is 5.99. The van der Waals surface area contributed by atoms with Gasteiger partial charge in [-0.25, -0.2) is 0 Å². The number of hydrogen-bond donors (Lipinski definition) is 1. The van der Waals surface area contributed by atoms with Gasteiger partial charge in [-0.3, -0.25) is 4.79 Å². The van der Waals surface area contributed by atoms with Gasteiger partial charge in [-0.15, -0.1) is 0 Å². The normalized spacial score (nSPS) is 23.0. The first-order valence-corrected chi connectivity index (χ1v) is 8.09. The van der Waals surface area contributed by atoms with Gasteiger partial charge < -0.3 is 10.1 Å². The maximum Gasteiger partial charge on any atom is 0.161 e. The molecule has 0 saturated carbocycles. The summed E-state index contributed by atoms with van der Waals surface area (Å²) < 4.78 is 5.57. The fourth-order valence-electron chi connectivity index (χ4n) is 3.85. The van der Waals surface area contributed by atoms with Crippen LogP contribution in [0.5, 0.6) is 5.75 Å². The van der Waals surface area contributed by atoms with Crippen LogP contribution in [-0.2, 0) is 11.2 Å². The molecule has 1 N–H and O–H groups in total. The highest BCUT2D eigenvalue weighted by atomic mass is 16.5. The van der Waals surface area contributed by atoms with E-state index in [1.54, 1.807) is 0 Å². The minimum atomic E-state index is -0.241. The number of benzene rings is 1. The minimum Gasteiger partial charge on any atom is -0.493 e. The van der Waals surface area contributed by atoms with E-state index in [1.165, 1.54) is 5.56 Å². The van der Waals surface area contributed by atoms with E-state index in [0.717, 1.165) is 47.5 Å². The molecule has 23 heavy (non-hydrogen) atoms. The van der Waals surface area contributed by atoms with E-state index in [0.29, 0.717) is 18.6 Å². The molecule has 1 aromatic rings. The Hall–Kier alpha value is -2.54. The highest BCUT2D eigenvalue weighted by Gasteiger charge is 2.36. The molecule has 2 heterocycles. The zero-order chi connectivity index (χ0) is 16.0. The number of dihydropyridines is 1. The summed E-state index contributed by atoms with van der Waals surface area (Å²) in [6.45, 7) is 2.63. The van der Waals surface area contributed by atoms with Gasteiger partial charge in [0.2, 0.25) is 0 Å². The summed E-state index contributed by atoms with van der Waals surface area (Å²) >= 11 is 0. The van der Waals surface area contributed by atoms with Crippen molar-refractivity contribution in [3.8, 4) is 11.8 Å². The van der Waals surface area contributed by atoms with Crippen LogP contribution in [0.3, 0.4) is 0 Å². The molecule has 4 nitrogen and oxygen atoms in total. The molecule has 0 spiro atoms. The predicted octanol–water partition coefficient (Wildman–Crippen LogP) is 3.11. The Morgan fingerprint density at radius 1 is 1.30 bits per heavy atom. The zero-order valence-electron chi connectivity index (χ0n) is 13.1. The fraction of sp³-hybridized carbons (Fsp3) is 0.368. The Kier molecular flexibility index (Phi) is 3.23. The number of carbonyl (C=O) groups is 1. The van der Waals surface area contributed by atoms with Crippen molar-refractivity contribution in [1.29, 1.82) is 5.26 Å². The van der Waals surface area contributed by atoms with E-state index >= 15 is 0 Å². The van der Waals surface area contributed by atoms with Crippen LogP contribution in [0, 0.1) is 11.3 Å². The Bertz CT molecular complexity index is 811. The summed E-state index contributed by atoms with van der Waals surface area (Å²) in [4.78, 5) is 12.6. The first-order valence-electron chi connectivity index (χ1n) is 8.09. The number of fused-ring (bicyclic) bond motifs is 1. The van der Waals surface area contributed by atoms with Gasteiger partial charge in [-0.2, -0.15) is 5.26 Å². The van der Waals surface area contributed by atoms with Crippen molar-refractivity contribution in [1.82, 2.24) is 5.32 Å². The molecule has 116 valence electrons. The standard InChI is InChI=1S/C19H18N2O2/c1-11-14(10-20)18(19-15(21-11)3-2-4-16(19)22)13-5-6-17-12(9-13)7-8-23-17/h5-6,9,18,21H,2-4,7-8H2,1H3/t18-/m0/s1. The van der Waals surface area contributed by atoms with Crippen molar-refractivity contribution < 1.29 is 9.53 Å². The first kappa shape index (κ1) is 14.1. The number of hydrogen-bond acceptors (Lipinski definition) is 4. The minimum absolute atomic E-state index is 0.167. The van der Waals surface area contributed by atoms with E-state index in [2.05, 4.69) is 17.5 Å². The third-order valence-corrected chi connectivity index (χ3v) is 4.94. The second-order valence-corrected chi connectivity index (χ2v) is 6.34. The molecule has 1 atom stereocenters. The molecule has 0 aromatic heterocycles. The van der Waals surface area contributed by atoms with Gasteiger partial charge in [0.15, 0.2) is 5.78 Å². The average molecular weight is 306 g/mol. The number of nitriles is 1. The summed E-state index contributed by atoms with van der Waals surface area (Å²) in [6, 6.07) is 8.40. The summed E-state index contributed by atoms with van der Waals surface area (Å²) in [6.07, 6.45) is 3.22. The number of nitrogens with one attached hydrogen (secondary N) is 1. The largest absolute Gasteiger partial charge is 0.493 e. The topological polar surface area (TPSA) is 62.1 Å². The van der Waals surface area contributed by atoms with Gasteiger partial charge in [0.1, 0.15) is 5.75 Å². The number of Topliss-reactive ketones (excluding diaryl/α,β-unsaturated/α-hetero) is 1. The molecule has 1 aromatic carbocycles. The van der Waals surface area contributed by atoms with Crippen molar-refractivity contribution in [2.75, 3.05) is 6.61 Å². The molecule has 0 amide bonds. The molecule has 4 rings (SSSR count). The second-order valence-electron chi connectivity index (χ2n) is 6.34. The van der Waals surface area contributed by atoms with E-state index in [-0.39, 0.29) is 11.7 Å². The Labute approximate surface area is 135 Å². The Morgan fingerprint density at radius 3 is 3.00 bits per heavy atom. The van der Waals surface area contributed by atoms with Crippen molar-refractivity contribution in [3.05, 3.63) is 51.9 Å². The van der Waals surface area contributed by atoms with E-state index < -0.39 is 0 Å². The third kappa shape index (κ3) is 2.16. The van der Waals surface area contributed by atoms with Crippen LogP contribution in [0.4, 0.5) is 0 Å². The van der Waals surface area contributed by atoms with Crippen LogP contribution in [-0.4, -0.2) is 12.4 Å². The van der Waals surface area contributed by atoms with Gasteiger partial charge >= 0.3 is 0 Å². The third-order valence-electron chi connectivity index (χ3n) is 4.94. The van der Waals surface area contributed by atoms with Crippen molar-refractivity contribution in [2.24, 2.45) is 0 Å². The second kappa shape index (κ2) is 5.27. The average Bonchev–Trinajstić information content (AvgIpc) is 3.01. The molecule has 4 heteroatoms. The lowest BCUT2D eigenvalue weighted by Crippen LogP contribution is -2.31.